The molecule has 4 heterocycles. The van der Waals surface area contributed by atoms with Crippen molar-refractivity contribution in [1.82, 2.24) is 19.9 Å². The molecule has 0 atom stereocenters. The lowest BCUT2D eigenvalue weighted by atomic mass is 9.88. The van der Waals surface area contributed by atoms with E-state index >= 15 is 0 Å². The maximum atomic E-state index is 15.0. The second-order valence-corrected chi connectivity index (χ2v) is 10.1. The standard InChI is InChI=1S/C27H27F4N7O/c1-15(2)38-14-27(30,31)39-25-19(28)10-17(11-22(25)38)24-20(29)13-33-26(36-24)35-23-5-4-18(21(12-32)34-23)16-6-8-37(3)9-7-16/h4-5,10-11,13,15-16H,6-9,14H2,1-3H3,(H,33,34,35,36). The maximum Gasteiger partial charge on any atom is 0.416 e. The van der Waals surface area contributed by atoms with Gasteiger partial charge in [-0.2, -0.15) is 14.0 Å². The van der Waals surface area contributed by atoms with Crippen LogP contribution >= 0.6 is 0 Å². The van der Waals surface area contributed by atoms with Crippen molar-refractivity contribution in [3.63, 3.8) is 0 Å². The second kappa shape index (κ2) is 10.3. The predicted octanol–water partition coefficient (Wildman–Crippen LogP) is 5.44. The minimum Gasteiger partial charge on any atom is -0.426 e. The number of hydrogen-bond donors (Lipinski definition) is 1. The van der Waals surface area contributed by atoms with Crippen LogP contribution in [0.4, 0.5) is 35.0 Å². The fourth-order valence-corrected chi connectivity index (χ4v) is 4.98. The summed E-state index contributed by atoms with van der Waals surface area (Å²) in [6.45, 7) is 4.47. The lowest BCUT2D eigenvalue weighted by Crippen LogP contribution is -2.48. The molecule has 0 amide bonds. The van der Waals surface area contributed by atoms with Crippen molar-refractivity contribution in [2.75, 3.05) is 36.9 Å². The molecule has 12 heteroatoms. The van der Waals surface area contributed by atoms with Crippen molar-refractivity contribution >= 4 is 17.5 Å². The fraction of sp³-hybridized carbons (Fsp3) is 0.407. The monoisotopic (exact) mass is 541 g/mol. The number of rotatable bonds is 5. The first kappa shape index (κ1) is 26.6. The number of nitrogens with one attached hydrogen (secondary N) is 1. The maximum absolute atomic E-state index is 15.0. The number of likely N-dealkylation sites (tertiary alicyclic amines) is 1. The predicted molar refractivity (Wildman–Crippen MR) is 137 cm³/mol. The Morgan fingerprint density at radius 3 is 2.56 bits per heavy atom. The highest BCUT2D eigenvalue weighted by atomic mass is 19.3. The van der Waals surface area contributed by atoms with Crippen LogP contribution in [0.3, 0.4) is 0 Å². The van der Waals surface area contributed by atoms with Crippen LogP contribution in [0.1, 0.15) is 43.9 Å². The highest BCUT2D eigenvalue weighted by Gasteiger charge is 2.43. The van der Waals surface area contributed by atoms with Gasteiger partial charge in [0.05, 0.1) is 11.9 Å². The number of hydrogen-bond acceptors (Lipinski definition) is 8. The van der Waals surface area contributed by atoms with Gasteiger partial charge in [-0.1, -0.05) is 6.07 Å². The lowest BCUT2D eigenvalue weighted by Gasteiger charge is -2.38. The lowest BCUT2D eigenvalue weighted by molar-refractivity contribution is -0.174. The van der Waals surface area contributed by atoms with Gasteiger partial charge in [0, 0.05) is 11.6 Å². The van der Waals surface area contributed by atoms with Gasteiger partial charge < -0.3 is 19.9 Å². The molecule has 39 heavy (non-hydrogen) atoms. The smallest absolute Gasteiger partial charge is 0.416 e. The second-order valence-electron chi connectivity index (χ2n) is 10.1. The van der Waals surface area contributed by atoms with Crippen molar-refractivity contribution in [3.05, 3.63) is 53.4 Å². The minimum atomic E-state index is -3.57. The zero-order chi connectivity index (χ0) is 27.9. The normalized spacial score (nSPS) is 17.5. The largest absolute Gasteiger partial charge is 0.426 e. The molecule has 1 aromatic carbocycles. The summed E-state index contributed by atoms with van der Waals surface area (Å²) in [4.78, 5) is 16.1. The Morgan fingerprint density at radius 2 is 1.87 bits per heavy atom. The van der Waals surface area contributed by atoms with Crippen LogP contribution in [0, 0.1) is 23.0 Å². The number of alkyl halides is 2. The van der Waals surface area contributed by atoms with Crippen molar-refractivity contribution in [2.45, 2.75) is 44.8 Å². The number of nitrogens with zero attached hydrogens (tertiary/aromatic N) is 6. The van der Waals surface area contributed by atoms with E-state index in [4.69, 9.17) is 0 Å². The zero-order valence-corrected chi connectivity index (χ0v) is 21.7. The van der Waals surface area contributed by atoms with E-state index in [1.165, 1.54) is 11.0 Å². The summed E-state index contributed by atoms with van der Waals surface area (Å²) < 4.78 is 62.6. The van der Waals surface area contributed by atoms with E-state index < -0.39 is 36.1 Å². The number of aromatic nitrogens is 3. The van der Waals surface area contributed by atoms with E-state index in [1.807, 2.05) is 6.07 Å². The van der Waals surface area contributed by atoms with Gasteiger partial charge in [0.15, 0.2) is 17.4 Å². The van der Waals surface area contributed by atoms with Crippen LogP contribution in [0.15, 0.2) is 30.5 Å². The van der Waals surface area contributed by atoms with E-state index in [0.717, 1.165) is 43.8 Å². The molecule has 5 rings (SSSR count). The minimum absolute atomic E-state index is 0.0250. The third kappa shape index (κ3) is 5.45. The topological polar surface area (TPSA) is 90.2 Å². The molecule has 2 aliphatic heterocycles. The molecule has 1 fully saturated rings. The Bertz CT molecular complexity index is 1430. The van der Waals surface area contributed by atoms with Gasteiger partial charge in [0.25, 0.3) is 0 Å². The number of fused-ring (bicyclic) bond motifs is 1. The molecule has 0 unspecified atom stereocenters. The summed E-state index contributed by atoms with van der Waals surface area (Å²) in [6.07, 6.45) is -0.795. The van der Waals surface area contributed by atoms with Gasteiger partial charge in [-0.15, -0.1) is 0 Å². The first-order valence-electron chi connectivity index (χ1n) is 12.6. The van der Waals surface area contributed by atoms with Crippen LogP contribution in [0.5, 0.6) is 5.75 Å². The number of benzene rings is 1. The molecule has 0 bridgehead atoms. The Hall–Kier alpha value is -3.98. The summed E-state index contributed by atoms with van der Waals surface area (Å²) >= 11 is 0. The molecular formula is C27H27F4N7O. The number of nitriles is 1. The summed E-state index contributed by atoms with van der Waals surface area (Å²) in [6, 6.07) is 7.57. The zero-order valence-electron chi connectivity index (χ0n) is 21.7. The summed E-state index contributed by atoms with van der Waals surface area (Å²) in [5, 5.41) is 12.6. The third-order valence-electron chi connectivity index (χ3n) is 7.01. The Morgan fingerprint density at radius 1 is 1.13 bits per heavy atom. The SMILES string of the molecule is CC(C)N1CC(F)(F)Oc2c(F)cc(-c3nc(Nc4ccc(C5CCN(C)CC5)c(C#N)n4)ncc3F)cc21. The number of ether oxygens (including phenoxy) is 1. The number of pyridine rings is 1. The van der Waals surface area contributed by atoms with Crippen LogP contribution in [-0.4, -0.2) is 58.7 Å². The molecule has 0 aliphatic carbocycles. The van der Waals surface area contributed by atoms with Gasteiger partial charge in [0.2, 0.25) is 5.95 Å². The number of piperidine rings is 1. The molecule has 2 aliphatic rings. The molecule has 3 aromatic rings. The number of halogens is 4. The van der Waals surface area contributed by atoms with Gasteiger partial charge >= 0.3 is 6.11 Å². The molecule has 204 valence electrons. The molecule has 1 saturated heterocycles. The molecular weight excluding hydrogens is 514 g/mol. The van der Waals surface area contributed by atoms with E-state index in [2.05, 4.69) is 43.0 Å². The Kier molecular flexibility index (Phi) is 7.03. The molecule has 8 nitrogen and oxygen atoms in total. The van der Waals surface area contributed by atoms with E-state index in [1.54, 1.807) is 19.9 Å². The van der Waals surface area contributed by atoms with Crippen LogP contribution in [0.2, 0.25) is 0 Å². The van der Waals surface area contributed by atoms with Gasteiger partial charge in [-0.3, -0.25) is 0 Å². The van der Waals surface area contributed by atoms with E-state index in [9.17, 15) is 22.8 Å². The van der Waals surface area contributed by atoms with Crippen LogP contribution < -0.4 is 15.0 Å². The van der Waals surface area contributed by atoms with Crippen molar-refractivity contribution in [1.29, 1.82) is 5.26 Å². The Balaban J connectivity index is 1.45. The van der Waals surface area contributed by atoms with Crippen molar-refractivity contribution in [3.8, 4) is 23.1 Å². The average Bonchev–Trinajstić information content (AvgIpc) is 2.90. The first-order chi connectivity index (χ1) is 18.5. The van der Waals surface area contributed by atoms with Gasteiger partial charge in [0.1, 0.15) is 29.8 Å². The average molecular weight is 542 g/mol. The molecule has 0 saturated carbocycles. The van der Waals surface area contributed by atoms with Crippen LogP contribution in [0.25, 0.3) is 11.3 Å². The molecule has 1 N–H and O–H groups in total. The Labute approximate surface area is 223 Å². The molecule has 0 spiro atoms. The highest BCUT2D eigenvalue weighted by molar-refractivity contribution is 5.73. The third-order valence-corrected chi connectivity index (χ3v) is 7.01. The first-order valence-corrected chi connectivity index (χ1v) is 12.6. The quantitative estimate of drug-likeness (QED) is 0.427. The molecule has 2 aromatic heterocycles. The van der Waals surface area contributed by atoms with Crippen molar-refractivity contribution < 1.29 is 22.3 Å². The molecule has 0 radical (unpaired) electrons. The van der Waals surface area contributed by atoms with Gasteiger partial charge in [-0.05, 0) is 76.5 Å². The van der Waals surface area contributed by atoms with Crippen LogP contribution in [-0.2, 0) is 0 Å². The summed E-state index contributed by atoms with van der Waals surface area (Å²) in [5.74, 6) is -2.00. The summed E-state index contributed by atoms with van der Waals surface area (Å²) in [5.41, 5.74) is 1.03. The number of anilines is 3. The van der Waals surface area contributed by atoms with E-state index in [-0.39, 0.29) is 28.8 Å². The summed E-state index contributed by atoms with van der Waals surface area (Å²) in [7, 11) is 2.06. The highest BCUT2D eigenvalue weighted by Crippen LogP contribution is 2.44. The van der Waals surface area contributed by atoms with E-state index in [0.29, 0.717) is 11.5 Å². The van der Waals surface area contributed by atoms with Gasteiger partial charge in [-0.25, -0.2) is 23.7 Å². The van der Waals surface area contributed by atoms with Crippen molar-refractivity contribution in [2.24, 2.45) is 0 Å². The fourth-order valence-electron chi connectivity index (χ4n) is 4.98.